The highest BCUT2D eigenvalue weighted by atomic mass is 19.3. The number of pyridine rings is 1. The molecule has 0 spiro atoms. The predicted octanol–water partition coefficient (Wildman–Crippen LogP) is 1.23. The number of nitrogens with zero attached hydrogens (tertiary/aromatic N) is 2. The first-order chi connectivity index (χ1) is 8.36. The topological polar surface area (TPSA) is 108 Å². The van der Waals surface area contributed by atoms with Gasteiger partial charge in [0.2, 0.25) is 0 Å². The van der Waals surface area contributed by atoms with Gasteiger partial charge in [-0.2, -0.15) is 0 Å². The molecule has 1 aromatic rings. The molecule has 7 nitrogen and oxygen atoms in total. The molecule has 1 rings (SSSR count). The maximum Gasteiger partial charge on any atom is 0.310 e. The number of esters is 1. The van der Waals surface area contributed by atoms with Crippen molar-refractivity contribution in [2.75, 3.05) is 12.8 Å². The summed E-state index contributed by atoms with van der Waals surface area (Å²) >= 11 is 0. The lowest BCUT2D eigenvalue weighted by molar-refractivity contribution is -0.385. The number of nitrogen functional groups attached to an aromatic ring is 1. The van der Waals surface area contributed by atoms with Crippen molar-refractivity contribution in [3.05, 3.63) is 27.4 Å². The molecular weight excluding hydrogens is 252 g/mol. The van der Waals surface area contributed by atoms with Gasteiger partial charge in [-0.3, -0.25) is 14.9 Å². The van der Waals surface area contributed by atoms with Crippen LogP contribution in [0.5, 0.6) is 0 Å². The zero-order valence-electron chi connectivity index (χ0n) is 9.22. The molecule has 0 bridgehead atoms. The molecule has 18 heavy (non-hydrogen) atoms. The molecule has 0 aliphatic heterocycles. The van der Waals surface area contributed by atoms with Crippen molar-refractivity contribution >= 4 is 17.5 Å². The number of hydrogen-bond donors (Lipinski definition) is 1. The van der Waals surface area contributed by atoms with Crippen molar-refractivity contribution < 1.29 is 23.2 Å². The summed E-state index contributed by atoms with van der Waals surface area (Å²) in [6, 6.07) is 0.597. The lowest BCUT2D eigenvalue weighted by Crippen LogP contribution is -2.12. The Bertz CT molecular complexity index is 493. The number of carbonyl (C=O) groups is 1. The van der Waals surface area contributed by atoms with Gasteiger partial charge in [0.15, 0.2) is 0 Å². The van der Waals surface area contributed by atoms with E-state index in [1.165, 1.54) is 0 Å². The SMILES string of the molecule is COC(=O)Cc1c([N+](=O)[O-])cc(C(F)F)nc1N. The normalized spacial score (nSPS) is 10.4. The number of ether oxygens (including phenoxy) is 1. The number of hydrogen-bond acceptors (Lipinski definition) is 6. The summed E-state index contributed by atoms with van der Waals surface area (Å²) in [6.45, 7) is 0. The Morgan fingerprint density at radius 3 is 2.72 bits per heavy atom. The molecule has 0 saturated heterocycles. The fourth-order valence-electron chi connectivity index (χ4n) is 1.27. The second-order valence-corrected chi connectivity index (χ2v) is 3.24. The van der Waals surface area contributed by atoms with Gasteiger partial charge in [-0.25, -0.2) is 13.8 Å². The van der Waals surface area contributed by atoms with Crippen molar-refractivity contribution in [3.8, 4) is 0 Å². The first-order valence-electron chi connectivity index (χ1n) is 4.65. The van der Waals surface area contributed by atoms with E-state index in [-0.39, 0.29) is 5.56 Å². The third kappa shape index (κ3) is 2.87. The number of nitrogens with two attached hydrogens (primary N) is 1. The van der Waals surface area contributed by atoms with Crippen LogP contribution < -0.4 is 5.73 Å². The highest BCUT2D eigenvalue weighted by Crippen LogP contribution is 2.29. The van der Waals surface area contributed by atoms with Gasteiger partial charge in [-0.05, 0) is 0 Å². The van der Waals surface area contributed by atoms with Crippen LogP contribution in [0.25, 0.3) is 0 Å². The first-order valence-corrected chi connectivity index (χ1v) is 4.65. The number of carbonyl (C=O) groups excluding carboxylic acids is 1. The zero-order chi connectivity index (χ0) is 13.9. The van der Waals surface area contributed by atoms with Crippen LogP contribution >= 0.6 is 0 Å². The van der Waals surface area contributed by atoms with E-state index in [1.54, 1.807) is 0 Å². The highest BCUT2D eigenvalue weighted by molar-refractivity contribution is 5.76. The lowest BCUT2D eigenvalue weighted by atomic mass is 10.1. The molecule has 9 heteroatoms. The van der Waals surface area contributed by atoms with E-state index in [2.05, 4.69) is 9.72 Å². The van der Waals surface area contributed by atoms with Crippen molar-refractivity contribution in [2.45, 2.75) is 12.8 Å². The van der Waals surface area contributed by atoms with Gasteiger partial charge < -0.3 is 10.5 Å². The molecule has 0 fully saturated rings. The Hall–Kier alpha value is -2.32. The number of methoxy groups -OCH3 is 1. The van der Waals surface area contributed by atoms with Crippen molar-refractivity contribution in [2.24, 2.45) is 0 Å². The zero-order valence-corrected chi connectivity index (χ0v) is 9.22. The molecule has 98 valence electrons. The van der Waals surface area contributed by atoms with Gasteiger partial charge in [-0.15, -0.1) is 0 Å². The fraction of sp³-hybridized carbons (Fsp3) is 0.333. The number of alkyl halides is 2. The number of anilines is 1. The summed E-state index contributed by atoms with van der Waals surface area (Å²) in [4.78, 5) is 24.2. The largest absolute Gasteiger partial charge is 0.469 e. The second-order valence-electron chi connectivity index (χ2n) is 3.24. The Morgan fingerprint density at radius 1 is 1.67 bits per heavy atom. The Balaban J connectivity index is 3.31. The highest BCUT2D eigenvalue weighted by Gasteiger charge is 2.24. The quantitative estimate of drug-likeness (QED) is 0.496. The molecule has 0 radical (unpaired) electrons. The van der Waals surface area contributed by atoms with Crippen LogP contribution in [0.15, 0.2) is 6.07 Å². The van der Waals surface area contributed by atoms with Crippen molar-refractivity contribution in [1.29, 1.82) is 0 Å². The minimum Gasteiger partial charge on any atom is -0.469 e. The summed E-state index contributed by atoms with van der Waals surface area (Å²) in [6.07, 6.45) is -3.49. The average molecular weight is 261 g/mol. The summed E-state index contributed by atoms with van der Waals surface area (Å²) in [7, 11) is 1.09. The minimum absolute atomic E-state index is 0.240. The Morgan fingerprint density at radius 2 is 2.28 bits per heavy atom. The first kappa shape index (κ1) is 13.7. The molecule has 0 aliphatic rings. The van der Waals surface area contributed by atoms with Crippen LogP contribution in [0.1, 0.15) is 17.7 Å². The molecule has 0 unspecified atom stereocenters. The standard InChI is InChI=1S/C9H9F2N3O4/c1-18-7(15)2-4-6(14(16)17)3-5(8(10)11)13-9(4)12/h3,8H,2H2,1H3,(H2,12,13). The number of nitro groups is 1. The molecule has 0 saturated carbocycles. The van der Waals surface area contributed by atoms with Crippen LogP contribution in [0.2, 0.25) is 0 Å². The average Bonchev–Trinajstić information content (AvgIpc) is 2.30. The van der Waals surface area contributed by atoms with Gasteiger partial charge in [0, 0.05) is 6.07 Å². The van der Waals surface area contributed by atoms with E-state index in [9.17, 15) is 23.7 Å². The van der Waals surface area contributed by atoms with Crippen LogP contribution in [0.4, 0.5) is 20.3 Å². The number of rotatable bonds is 4. The van der Waals surface area contributed by atoms with E-state index in [1.807, 2.05) is 0 Å². The van der Waals surface area contributed by atoms with Gasteiger partial charge in [0.25, 0.3) is 12.1 Å². The minimum atomic E-state index is -2.99. The maximum atomic E-state index is 12.4. The van der Waals surface area contributed by atoms with Gasteiger partial charge in [-0.1, -0.05) is 0 Å². The van der Waals surface area contributed by atoms with Gasteiger partial charge in [0.05, 0.1) is 24.0 Å². The van der Waals surface area contributed by atoms with E-state index in [0.717, 1.165) is 7.11 Å². The number of halogens is 2. The lowest BCUT2D eigenvalue weighted by Gasteiger charge is -2.07. The summed E-state index contributed by atoms with van der Waals surface area (Å²) in [5.41, 5.74) is 3.61. The van der Waals surface area contributed by atoms with Crippen molar-refractivity contribution in [1.82, 2.24) is 4.98 Å². The van der Waals surface area contributed by atoms with Crippen LogP contribution in [-0.4, -0.2) is 23.0 Å². The van der Waals surface area contributed by atoms with E-state index in [0.29, 0.717) is 6.07 Å². The summed E-state index contributed by atoms with van der Waals surface area (Å²) in [5.74, 6) is -1.26. The van der Waals surface area contributed by atoms with Crippen LogP contribution in [0, 0.1) is 10.1 Å². The van der Waals surface area contributed by atoms with Gasteiger partial charge in [0.1, 0.15) is 11.5 Å². The molecule has 1 heterocycles. The molecule has 2 N–H and O–H groups in total. The summed E-state index contributed by atoms with van der Waals surface area (Å²) < 4.78 is 29.2. The molecular formula is C9H9F2N3O4. The van der Waals surface area contributed by atoms with Crippen LogP contribution in [0.3, 0.4) is 0 Å². The molecule has 0 aliphatic carbocycles. The Kier molecular flexibility index (Phi) is 4.08. The summed E-state index contributed by atoms with van der Waals surface area (Å²) in [5, 5.41) is 10.7. The third-order valence-electron chi connectivity index (χ3n) is 2.12. The predicted molar refractivity (Wildman–Crippen MR) is 56.0 cm³/mol. The van der Waals surface area contributed by atoms with E-state index < -0.39 is 40.9 Å². The molecule has 0 amide bonds. The monoisotopic (exact) mass is 261 g/mol. The third-order valence-corrected chi connectivity index (χ3v) is 2.12. The van der Waals surface area contributed by atoms with E-state index >= 15 is 0 Å². The second kappa shape index (κ2) is 5.34. The molecule has 1 aromatic heterocycles. The van der Waals surface area contributed by atoms with Gasteiger partial charge >= 0.3 is 5.97 Å². The Labute approximate surface area is 99.7 Å². The molecule has 0 atom stereocenters. The van der Waals surface area contributed by atoms with Crippen LogP contribution in [-0.2, 0) is 16.0 Å². The van der Waals surface area contributed by atoms with Crippen molar-refractivity contribution in [3.63, 3.8) is 0 Å². The number of aromatic nitrogens is 1. The molecule has 0 aromatic carbocycles. The van der Waals surface area contributed by atoms with E-state index in [4.69, 9.17) is 5.73 Å². The maximum absolute atomic E-state index is 12.4. The fourth-order valence-corrected chi connectivity index (χ4v) is 1.27. The smallest absolute Gasteiger partial charge is 0.310 e.